The number of anilines is 1. The number of benzene rings is 2. The molecule has 1 aromatic heterocycles. The van der Waals surface area contributed by atoms with Crippen LogP contribution in [0.25, 0.3) is 6.08 Å². The summed E-state index contributed by atoms with van der Waals surface area (Å²) in [6.07, 6.45) is 4.05. The predicted molar refractivity (Wildman–Crippen MR) is 115 cm³/mol. The molecule has 4 rings (SSSR count). The van der Waals surface area contributed by atoms with Gasteiger partial charge in [0.25, 0.3) is 5.91 Å². The Morgan fingerprint density at radius 1 is 1.13 bits per heavy atom. The Morgan fingerprint density at radius 3 is 2.70 bits per heavy atom. The van der Waals surface area contributed by atoms with Crippen molar-refractivity contribution in [1.29, 1.82) is 0 Å². The van der Waals surface area contributed by atoms with Crippen LogP contribution in [0.4, 0.5) is 5.69 Å². The van der Waals surface area contributed by atoms with E-state index in [1.54, 1.807) is 35.2 Å². The van der Waals surface area contributed by atoms with Gasteiger partial charge in [-0.05, 0) is 55.3 Å². The Labute approximate surface area is 175 Å². The second-order valence-electron chi connectivity index (χ2n) is 7.69. The van der Waals surface area contributed by atoms with E-state index in [-0.39, 0.29) is 12.2 Å². The number of aryl methyl sites for hydroxylation is 2. The van der Waals surface area contributed by atoms with Gasteiger partial charge in [-0.2, -0.15) is 0 Å². The van der Waals surface area contributed by atoms with E-state index in [4.69, 9.17) is 4.42 Å². The van der Waals surface area contributed by atoms with Crippen LogP contribution in [0, 0.1) is 13.8 Å². The number of fused-ring (bicyclic) bond motifs is 1. The van der Waals surface area contributed by atoms with Crippen molar-refractivity contribution in [3.8, 4) is 0 Å². The molecule has 1 aliphatic heterocycles. The SMILES string of the molecule is Cc1ccc(C)c(CN2C(=O)[C@](O)(CC(=O)/C=C\c3ccco3)c3ccccc32)c1. The van der Waals surface area contributed by atoms with E-state index >= 15 is 0 Å². The van der Waals surface area contributed by atoms with E-state index < -0.39 is 11.5 Å². The van der Waals surface area contributed by atoms with Crippen molar-refractivity contribution in [1.82, 2.24) is 0 Å². The molecule has 0 spiro atoms. The van der Waals surface area contributed by atoms with E-state index in [1.807, 2.05) is 38.1 Å². The van der Waals surface area contributed by atoms with Gasteiger partial charge in [-0.25, -0.2) is 0 Å². The average Bonchev–Trinajstić information content (AvgIpc) is 3.32. The molecule has 5 heteroatoms. The van der Waals surface area contributed by atoms with Crippen LogP contribution in [0.2, 0.25) is 0 Å². The van der Waals surface area contributed by atoms with E-state index in [9.17, 15) is 14.7 Å². The summed E-state index contributed by atoms with van der Waals surface area (Å²) in [6.45, 7) is 4.33. The monoisotopic (exact) mass is 401 g/mol. The maximum Gasteiger partial charge on any atom is 0.264 e. The highest BCUT2D eigenvalue weighted by molar-refractivity contribution is 6.10. The first-order valence-corrected chi connectivity index (χ1v) is 9.83. The summed E-state index contributed by atoms with van der Waals surface area (Å²) < 4.78 is 5.18. The normalized spacial score (nSPS) is 18.2. The lowest BCUT2D eigenvalue weighted by molar-refractivity contribution is -0.140. The minimum absolute atomic E-state index is 0.330. The Kier molecular flexibility index (Phi) is 5.14. The average molecular weight is 401 g/mol. The summed E-state index contributed by atoms with van der Waals surface area (Å²) in [4.78, 5) is 27.5. The highest BCUT2D eigenvalue weighted by Crippen LogP contribution is 2.43. The quantitative estimate of drug-likeness (QED) is 0.625. The molecule has 5 nitrogen and oxygen atoms in total. The van der Waals surface area contributed by atoms with Gasteiger partial charge in [0.2, 0.25) is 0 Å². The standard InChI is InChI=1S/C25H23NO4/c1-17-9-10-18(2)19(14-17)16-26-23-8-4-3-7-22(23)25(29,24(26)28)15-20(27)11-12-21-6-5-13-30-21/h3-14,29H,15-16H2,1-2H3/b12-11-/t25-/m0/s1. The first-order valence-electron chi connectivity index (χ1n) is 9.83. The Bertz CT molecular complexity index is 1130. The number of rotatable bonds is 6. The maximum atomic E-state index is 13.3. The summed E-state index contributed by atoms with van der Waals surface area (Å²) in [5.74, 6) is -0.306. The van der Waals surface area contributed by atoms with Crippen LogP contribution in [0.15, 0.2) is 71.4 Å². The Balaban J connectivity index is 1.63. The number of aliphatic hydroxyl groups is 1. The van der Waals surface area contributed by atoms with Crippen molar-refractivity contribution in [2.45, 2.75) is 32.4 Å². The van der Waals surface area contributed by atoms with Crippen molar-refractivity contribution in [2.24, 2.45) is 0 Å². The van der Waals surface area contributed by atoms with Gasteiger partial charge in [-0.15, -0.1) is 0 Å². The minimum atomic E-state index is -1.89. The van der Waals surface area contributed by atoms with Gasteiger partial charge in [0.15, 0.2) is 11.4 Å². The molecule has 30 heavy (non-hydrogen) atoms. The lowest BCUT2D eigenvalue weighted by atomic mass is 9.90. The molecule has 3 aromatic rings. The first kappa shape index (κ1) is 19.9. The molecule has 0 bridgehead atoms. The van der Waals surface area contributed by atoms with Crippen LogP contribution in [-0.2, 0) is 21.7 Å². The number of nitrogens with zero attached hydrogens (tertiary/aromatic N) is 1. The fraction of sp³-hybridized carbons (Fsp3) is 0.200. The Morgan fingerprint density at radius 2 is 1.93 bits per heavy atom. The fourth-order valence-corrected chi connectivity index (χ4v) is 3.85. The molecule has 2 heterocycles. The largest absolute Gasteiger partial charge is 0.465 e. The molecular weight excluding hydrogens is 378 g/mol. The van der Waals surface area contributed by atoms with Crippen molar-refractivity contribution in [3.63, 3.8) is 0 Å². The van der Waals surface area contributed by atoms with Gasteiger partial charge < -0.3 is 14.4 Å². The first-order chi connectivity index (χ1) is 14.4. The molecule has 1 N–H and O–H groups in total. The Hall–Kier alpha value is -3.44. The number of amides is 1. The number of furan rings is 1. The molecule has 1 atom stereocenters. The zero-order valence-corrected chi connectivity index (χ0v) is 17.0. The summed E-state index contributed by atoms with van der Waals surface area (Å²) in [5, 5.41) is 11.3. The van der Waals surface area contributed by atoms with Crippen LogP contribution >= 0.6 is 0 Å². The van der Waals surface area contributed by atoms with Gasteiger partial charge in [0, 0.05) is 5.56 Å². The van der Waals surface area contributed by atoms with Crippen LogP contribution < -0.4 is 4.90 Å². The summed E-state index contributed by atoms with van der Waals surface area (Å²) in [7, 11) is 0. The molecule has 2 aromatic carbocycles. The number of hydrogen-bond donors (Lipinski definition) is 1. The van der Waals surface area contributed by atoms with Crippen LogP contribution in [0.3, 0.4) is 0 Å². The lowest BCUT2D eigenvalue weighted by Crippen LogP contribution is -2.41. The highest BCUT2D eigenvalue weighted by Gasteiger charge is 2.50. The predicted octanol–water partition coefficient (Wildman–Crippen LogP) is 4.30. The minimum Gasteiger partial charge on any atom is -0.465 e. The third-order valence-electron chi connectivity index (χ3n) is 5.48. The smallest absolute Gasteiger partial charge is 0.264 e. The molecule has 0 saturated heterocycles. The van der Waals surface area contributed by atoms with E-state index in [0.717, 1.165) is 16.7 Å². The molecule has 0 fully saturated rings. The maximum absolute atomic E-state index is 13.3. The number of carbonyl (C=O) groups excluding carboxylic acids is 2. The topological polar surface area (TPSA) is 70.8 Å². The number of ketones is 1. The third-order valence-corrected chi connectivity index (χ3v) is 5.48. The fourth-order valence-electron chi connectivity index (χ4n) is 3.85. The second kappa shape index (κ2) is 7.76. The van der Waals surface area contributed by atoms with E-state index in [1.165, 1.54) is 18.4 Å². The number of carbonyl (C=O) groups is 2. The molecular formula is C25H23NO4. The van der Waals surface area contributed by atoms with E-state index in [2.05, 4.69) is 0 Å². The summed E-state index contributed by atoms with van der Waals surface area (Å²) in [6, 6.07) is 16.6. The van der Waals surface area contributed by atoms with Crippen molar-refractivity contribution in [3.05, 3.63) is 95.0 Å². The van der Waals surface area contributed by atoms with Gasteiger partial charge in [0.05, 0.1) is 24.9 Å². The molecule has 1 aliphatic rings. The lowest BCUT2D eigenvalue weighted by Gasteiger charge is -2.23. The highest BCUT2D eigenvalue weighted by atomic mass is 16.3. The second-order valence-corrected chi connectivity index (χ2v) is 7.69. The number of para-hydroxylation sites is 1. The van der Waals surface area contributed by atoms with Gasteiger partial charge in [0.1, 0.15) is 5.76 Å². The third kappa shape index (κ3) is 3.60. The molecule has 0 aliphatic carbocycles. The summed E-state index contributed by atoms with van der Waals surface area (Å²) >= 11 is 0. The van der Waals surface area contributed by atoms with Crippen LogP contribution in [-0.4, -0.2) is 16.8 Å². The van der Waals surface area contributed by atoms with E-state index in [0.29, 0.717) is 23.6 Å². The molecule has 0 saturated carbocycles. The van der Waals surface area contributed by atoms with Gasteiger partial charge in [-0.3, -0.25) is 9.59 Å². The van der Waals surface area contributed by atoms with Crippen LogP contribution in [0.5, 0.6) is 0 Å². The molecule has 0 radical (unpaired) electrons. The number of allylic oxidation sites excluding steroid dienone is 1. The zero-order chi connectivity index (χ0) is 21.3. The molecule has 152 valence electrons. The molecule has 1 amide bonds. The van der Waals surface area contributed by atoms with Crippen LogP contribution in [0.1, 0.15) is 34.4 Å². The van der Waals surface area contributed by atoms with Crippen molar-refractivity contribution < 1.29 is 19.1 Å². The van der Waals surface area contributed by atoms with Gasteiger partial charge in [-0.1, -0.05) is 42.0 Å². The van der Waals surface area contributed by atoms with Crippen molar-refractivity contribution in [2.75, 3.05) is 4.90 Å². The zero-order valence-electron chi connectivity index (χ0n) is 17.0. The van der Waals surface area contributed by atoms with Crippen molar-refractivity contribution >= 4 is 23.5 Å². The molecule has 0 unspecified atom stereocenters. The summed E-state index contributed by atoms with van der Waals surface area (Å²) in [5.41, 5.74) is 2.38. The number of hydrogen-bond acceptors (Lipinski definition) is 4. The van der Waals surface area contributed by atoms with Gasteiger partial charge >= 0.3 is 0 Å².